The molecule has 0 atom stereocenters. The molecule has 0 heterocycles. The Hall–Kier alpha value is -1.03. The Morgan fingerprint density at radius 1 is 1.29 bits per heavy atom. The summed E-state index contributed by atoms with van der Waals surface area (Å²) in [6.45, 7) is 1.78. The smallest absolute Gasteiger partial charge is 0.380 e. The third-order valence-corrected chi connectivity index (χ3v) is 1.91. The first-order chi connectivity index (χ1) is 6.45. The number of ether oxygens (including phenoxy) is 1. The first-order valence-electron chi connectivity index (χ1n) is 4.11. The van der Waals surface area contributed by atoms with Gasteiger partial charge in [0.25, 0.3) is 0 Å². The lowest BCUT2D eigenvalue weighted by Crippen LogP contribution is -2.07. The Bertz CT molecular complexity index is 318. The molecule has 0 fully saturated rings. The monoisotopic (exact) mass is 204 g/mol. The second-order valence-corrected chi connectivity index (χ2v) is 3.08. The van der Waals surface area contributed by atoms with Crippen LogP contribution < -0.4 is 0 Å². The summed E-state index contributed by atoms with van der Waals surface area (Å²) < 4.78 is 41.8. The highest BCUT2D eigenvalue weighted by atomic mass is 19.4. The number of hydrogen-bond donors (Lipinski definition) is 0. The number of aryl methyl sites for hydroxylation is 1. The van der Waals surface area contributed by atoms with Crippen molar-refractivity contribution in [2.45, 2.75) is 19.7 Å². The average molecular weight is 204 g/mol. The average Bonchev–Trinajstić information content (AvgIpc) is 2.02. The molecule has 78 valence electrons. The van der Waals surface area contributed by atoms with Crippen LogP contribution >= 0.6 is 0 Å². The molecule has 0 saturated heterocycles. The summed E-state index contributed by atoms with van der Waals surface area (Å²) in [5, 5.41) is 0. The van der Waals surface area contributed by atoms with Crippen molar-refractivity contribution in [3.05, 3.63) is 34.9 Å². The van der Waals surface area contributed by atoms with Gasteiger partial charge in [-0.15, -0.1) is 0 Å². The van der Waals surface area contributed by atoms with Gasteiger partial charge in [-0.25, -0.2) is 0 Å². The van der Waals surface area contributed by atoms with Crippen LogP contribution in [-0.4, -0.2) is 7.11 Å². The Labute approximate surface area is 80.5 Å². The molecule has 0 saturated carbocycles. The van der Waals surface area contributed by atoms with Gasteiger partial charge in [-0.1, -0.05) is 12.1 Å². The largest absolute Gasteiger partial charge is 0.416 e. The number of halogens is 3. The minimum absolute atomic E-state index is 0.229. The molecule has 1 rings (SSSR count). The summed E-state index contributed by atoms with van der Waals surface area (Å²) in [6, 6.07) is 4.01. The van der Waals surface area contributed by atoms with E-state index in [1.54, 1.807) is 0 Å². The van der Waals surface area contributed by atoms with Gasteiger partial charge in [-0.3, -0.25) is 0 Å². The van der Waals surface area contributed by atoms with Crippen molar-refractivity contribution in [1.82, 2.24) is 0 Å². The van der Waals surface area contributed by atoms with Gasteiger partial charge in [-0.2, -0.15) is 13.2 Å². The number of rotatable bonds is 2. The number of methoxy groups -OCH3 is 1. The van der Waals surface area contributed by atoms with E-state index in [1.165, 1.54) is 26.2 Å². The van der Waals surface area contributed by atoms with Gasteiger partial charge in [0.2, 0.25) is 0 Å². The van der Waals surface area contributed by atoms with Crippen LogP contribution in [0, 0.1) is 6.92 Å². The van der Waals surface area contributed by atoms with Gasteiger partial charge in [0.15, 0.2) is 0 Å². The number of alkyl halides is 3. The number of benzene rings is 1. The third-order valence-electron chi connectivity index (χ3n) is 1.91. The summed E-state index contributed by atoms with van der Waals surface area (Å²) in [4.78, 5) is 0. The maximum absolute atomic E-state index is 12.3. The highest BCUT2D eigenvalue weighted by Crippen LogP contribution is 2.31. The van der Waals surface area contributed by atoms with Crippen molar-refractivity contribution in [2.75, 3.05) is 7.11 Å². The molecule has 1 aromatic rings. The van der Waals surface area contributed by atoms with Gasteiger partial charge in [0.05, 0.1) is 12.2 Å². The van der Waals surface area contributed by atoms with Crippen molar-refractivity contribution < 1.29 is 17.9 Å². The second-order valence-electron chi connectivity index (χ2n) is 3.08. The summed E-state index contributed by atoms with van der Waals surface area (Å²) >= 11 is 0. The van der Waals surface area contributed by atoms with E-state index in [9.17, 15) is 13.2 Å². The number of hydrogen-bond acceptors (Lipinski definition) is 1. The van der Waals surface area contributed by atoms with E-state index in [0.29, 0.717) is 6.61 Å². The molecule has 1 aromatic carbocycles. The Morgan fingerprint density at radius 2 is 1.93 bits per heavy atom. The lowest BCUT2D eigenvalue weighted by molar-refractivity contribution is -0.138. The van der Waals surface area contributed by atoms with Gasteiger partial charge < -0.3 is 4.74 Å². The summed E-state index contributed by atoms with van der Waals surface area (Å²) in [6.07, 6.45) is -4.27. The summed E-state index contributed by atoms with van der Waals surface area (Å²) in [7, 11) is 1.51. The molecule has 0 aliphatic rings. The van der Waals surface area contributed by atoms with E-state index >= 15 is 0 Å². The Balaban J connectivity index is 3.02. The van der Waals surface area contributed by atoms with Gasteiger partial charge in [0.1, 0.15) is 0 Å². The van der Waals surface area contributed by atoms with E-state index < -0.39 is 11.7 Å². The molecule has 1 nitrogen and oxygen atoms in total. The minimum atomic E-state index is -4.27. The zero-order valence-electron chi connectivity index (χ0n) is 7.98. The first kappa shape index (κ1) is 11.0. The van der Waals surface area contributed by atoms with Crippen LogP contribution in [0.5, 0.6) is 0 Å². The first-order valence-corrected chi connectivity index (χ1v) is 4.11. The lowest BCUT2D eigenvalue weighted by Gasteiger charge is -2.11. The molecule has 0 N–H and O–H groups in total. The topological polar surface area (TPSA) is 9.23 Å². The SMILES string of the molecule is COCc1ccc(C(F)(F)F)c(C)c1. The molecule has 0 unspecified atom stereocenters. The van der Waals surface area contributed by atoms with E-state index in [-0.39, 0.29) is 5.56 Å². The van der Waals surface area contributed by atoms with Crippen LogP contribution in [0.2, 0.25) is 0 Å². The highest BCUT2D eigenvalue weighted by molar-refractivity contribution is 5.32. The van der Waals surface area contributed by atoms with Crippen molar-refractivity contribution >= 4 is 0 Å². The molecular formula is C10H11F3O. The molecule has 0 aliphatic carbocycles. The molecule has 0 radical (unpaired) electrons. The maximum atomic E-state index is 12.3. The van der Waals surface area contributed by atoms with Crippen molar-refractivity contribution in [2.24, 2.45) is 0 Å². The third kappa shape index (κ3) is 2.48. The molecule has 0 bridgehead atoms. The van der Waals surface area contributed by atoms with Gasteiger partial charge in [-0.05, 0) is 24.1 Å². The fraction of sp³-hybridized carbons (Fsp3) is 0.400. The predicted molar refractivity (Wildman–Crippen MR) is 46.9 cm³/mol. The van der Waals surface area contributed by atoms with E-state index in [1.807, 2.05) is 0 Å². The van der Waals surface area contributed by atoms with E-state index in [2.05, 4.69) is 0 Å². The Morgan fingerprint density at radius 3 is 2.36 bits per heavy atom. The van der Waals surface area contributed by atoms with Crippen LogP contribution in [0.25, 0.3) is 0 Å². The van der Waals surface area contributed by atoms with Crippen LogP contribution in [0.4, 0.5) is 13.2 Å². The molecule has 4 heteroatoms. The summed E-state index contributed by atoms with van der Waals surface area (Å²) in [5.74, 6) is 0. The van der Waals surface area contributed by atoms with Crippen LogP contribution in [0.3, 0.4) is 0 Å². The highest BCUT2D eigenvalue weighted by Gasteiger charge is 2.31. The quantitative estimate of drug-likeness (QED) is 0.719. The molecule has 0 aromatic heterocycles. The maximum Gasteiger partial charge on any atom is 0.416 e. The molecule has 14 heavy (non-hydrogen) atoms. The minimum Gasteiger partial charge on any atom is -0.380 e. The van der Waals surface area contributed by atoms with Crippen LogP contribution in [0.1, 0.15) is 16.7 Å². The van der Waals surface area contributed by atoms with Gasteiger partial charge >= 0.3 is 6.18 Å². The van der Waals surface area contributed by atoms with E-state index in [4.69, 9.17) is 4.74 Å². The summed E-state index contributed by atoms with van der Waals surface area (Å²) in [5.41, 5.74) is 0.391. The zero-order chi connectivity index (χ0) is 10.8. The second kappa shape index (κ2) is 4.00. The molecule has 0 spiro atoms. The molecule has 0 amide bonds. The molecular weight excluding hydrogens is 193 g/mol. The van der Waals surface area contributed by atoms with E-state index in [0.717, 1.165) is 11.6 Å². The van der Waals surface area contributed by atoms with Crippen molar-refractivity contribution in [3.63, 3.8) is 0 Å². The van der Waals surface area contributed by atoms with Crippen molar-refractivity contribution in [1.29, 1.82) is 0 Å². The van der Waals surface area contributed by atoms with Crippen LogP contribution in [0.15, 0.2) is 18.2 Å². The van der Waals surface area contributed by atoms with Crippen LogP contribution in [-0.2, 0) is 17.5 Å². The van der Waals surface area contributed by atoms with Gasteiger partial charge in [0, 0.05) is 7.11 Å². The fourth-order valence-electron chi connectivity index (χ4n) is 1.30. The lowest BCUT2D eigenvalue weighted by atomic mass is 10.1. The predicted octanol–water partition coefficient (Wildman–Crippen LogP) is 3.16. The standard InChI is InChI=1S/C10H11F3O/c1-7-5-8(6-14-2)3-4-9(7)10(11,12)13/h3-5H,6H2,1-2H3. The Kier molecular flexibility index (Phi) is 3.16. The molecule has 0 aliphatic heterocycles. The van der Waals surface area contributed by atoms with Crippen molar-refractivity contribution in [3.8, 4) is 0 Å². The fourth-order valence-corrected chi connectivity index (χ4v) is 1.30. The zero-order valence-corrected chi connectivity index (χ0v) is 7.98. The normalized spacial score (nSPS) is 11.8.